The van der Waals surface area contributed by atoms with E-state index in [1.807, 2.05) is 10.9 Å². The molecule has 2 N–H and O–H groups in total. The van der Waals surface area contributed by atoms with Gasteiger partial charge >= 0.3 is 0 Å². The molecule has 1 fully saturated rings. The minimum atomic E-state index is -0.237. The van der Waals surface area contributed by atoms with Crippen LogP contribution >= 0.6 is 0 Å². The van der Waals surface area contributed by atoms with Gasteiger partial charge in [-0.1, -0.05) is 19.8 Å². The van der Waals surface area contributed by atoms with E-state index < -0.39 is 0 Å². The van der Waals surface area contributed by atoms with E-state index in [9.17, 15) is 5.11 Å². The maximum atomic E-state index is 10.2. The Labute approximate surface area is 116 Å². The lowest BCUT2D eigenvalue weighted by molar-refractivity contribution is 0.0683. The lowest BCUT2D eigenvalue weighted by atomic mass is 9.92. The van der Waals surface area contributed by atoms with Crippen LogP contribution in [0.3, 0.4) is 0 Å². The second-order valence-corrected chi connectivity index (χ2v) is 5.72. The van der Waals surface area contributed by atoms with E-state index >= 15 is 0 Å². The number of aliphatic hydroxyl groups is 1. The van der Waals surface area contributed by atoms with E-state index in [1.54, 1.807) is 0 Å². The largest absolute Gasteiger partial charge is 0.391 e. The first kappa shape index (κ1) is 14.5. The van der Waals surface area contributed by atoms with E-state index in [1.165, 1.54) is 17.7 Å². The van der Waals surface area contributed by atoms with Gasteiger partial charge < -0.3 is 10.4 Å². The average molecular weight is 265 g/mol. The Morgan fingerprint density at radius 2 is 2.21 bits per heavy atom. The Bertz CT molecular complexity index is 402. The van der Waals surface area contributed by atoms with Crippen molar-refractivity contribution in [2.75, 3.05) is 6.54 Å². The van der Waals surface area contributed by atoms with E-state index in [-0.39, 0.29) is 12.1 Å². The Balaban J connectivity index is 2.12. The first-order chi connectivity index (χ1) is 9.15. The van der Waals surface area contributed by atoms with Crippen molar-refractivity contribution < 1.29 is 5.11 Å². The van der Waals surface area contributed by atoms with E-state index in [4.69, 9.17) is 0 Å². The average Bonchev–Trinajstić information content (AvgIpc) is 2.78. The van der Waals surface area contributed by atoms with E-state index in [2.05, 4.69) is 31.2 Å². The first-order valence-electron chi connectivity index (χ1n) is 7.60. The van der Waals surface area contributed by atoms with Crippen molar-refractivity contribution in [2.24, 2.45) is 0 Å². The fraction of sp³-hybridized carbons (Fsp3) is 0.800. The van der Waals surface area contributed by atoms with Gasteiger partial charge in [-0.25, -0.2) is 0 Å². The number of nitrogens with zero attached hydrogens (tertiary/aromatic N) is 2. The maximum Gasteiger partial charge on any atom is 0.0781 e. The maximum absolute atomic E-state index is 10.2. The van der Waals surface area contributed by atoms with Crippen LogP contribution in [-0.2, 0) is 0 Å². The van der Waals surface area contributed by atoms with Crippen LogP contribution in [0.2, 0.25) is 0 Å². The van der Waals surface area contributed by atoms with Crippen LogP contribution in [0.5, 0.6) is 0 Å². The number of aromatic nitrogens is 2. The number of nitrogens with one attached hydrogen (secondary N) is 1. The Hall–Kier alpha value is -0.870. The molecule has 3 atom stereocenters. The van der Waals surface area contributed by atoms with Gasteiger partial charge in [-0.3, -0.25) is 4.68 Å². The molecule has 3 unspecified atom stereocenters. The van der Waals surface area contributed by atoms with Crippen molar-refractivity contribution >= 4 is 0 Å². The minimum absolute atomic E-state index is 0.167. The molecule has 0 bridgehead atoms. The van der Waals surface area contributed by atoms with Crippen LogP contribution in [0, 0.1) is 6.92 Å². The third-order valence-electron chi connectivity index (χ3n) is 4.26. The van der Waals surface area contributed by atoms with Gasteiger partial charge in [-0.05, 0) is 39.7 Å². The summed E-state index contributed by atoms with van der Waals surface area (Å²) in [5.74, 6) is 0. The molecule has 1 aromatic rings. The van der Waals surface area contributed by atoms with Crippen molar-refractivity contribution in [2.45, 2.75) is 71.1 Å². The molecule has 4 nitrogen and oxygen atoms in total. The van der Waals surface area contributed by atoms with Gasteiger partial charge in [0, 0.05) is 17.3 Å². The summed E-state index contributed by atoms with van der Waals surface area (Å²) in [6.45, 7) is 7.50. The fourth-order valence-corrected chi connectivity index (χ4v) is 3.04. The molecule has 0 spiro atoms. The standard InChI is InChI=1S/C15H27N3O/c1-4-9-16-11(2)13-10-17-18(12(13)3)14-7-5-6-8-15(14)19/h10-11,14-16,19H,4-9H2,1-3H3. The molecule has 1 aliphatic rings. The fourth-order valence-electron chi connectivity index (χ4n) is 3.04. The number of hydrogen-bond donors (Lipinski definition) is 2. The zero-order valence-corrected chi connectivity index (χ0v) is 12.4. The lowest BCUT2D eigenvalue weighted by Crippen LogP contribution is -2.29. The topological polar surface area (TPSA) is 50.1 Å². The predicted molar refractivity (Wildman–Crippen MR) is 77.2 cm³/mol. The van der Waals surface area contributed by atoms with Gasteiger partial charge in [-0.2, -0.15) is 5.10 Å². The predicted octanol–water partition coefficient (Wildman–Crippen LogP) is 2.73. The molecule has 0 saturated heterocycles. The summed E-state index contributed by atoms with van der Waals surface area (Å²) in [4.78, 5) is 0. The molecule has 19 heavy (non-hydrogen) atoms. The molecule has 0 aliphatic heterocycles. The summed E-state index contributed by atoms with van der Waals surface area (Å²) in [6, 6.07) is 0.496. The Morgan fingerprint density at radius 1 is 1.47 bits per heavy atom. The summed E-state index contributed by atoms with van der Waals surface area (Å²) < 4.78 is 2.04. The molecule has 0 aromatic carbocycles. The van der Waals surface area contributed by atoms with Crippen molar-refractivity contribution in [3.63, 3.8) is 0 Å². The highest BCUT2D eigenvalue weighted by atomic mass is 16.3. The van der Waals surface area contributed by atoms with Crippen LogP contribution in [0.1, 0.15) is 69.3 Å². The number of rotatable bonds is 5. The molecule has 0 amide bonds. The molecule has 0 radical (unpaired) electrons. The molecule has 108 valence electrons. The summed E-state index contributed by atoms with van der Waals surface area (Å²) >= 11 is 0. The zero-order chi connectivity index (χ0) is 13.8. The van der Waals surface area contributed by atoms with Gasteiger partial charge in [0.2, 0.25) is 0 Å². The molecular weight excluding hydrogens is 238 g/mol. The normalized spacial score (nSPS) is 25.5. The molecule has 1 aliphatic carbocycles. The molecule has 4 heteroatoms. The first-order valence-corrected chi connectivity index (χ1v) is 7.60. The third kappa shape index (κ3) is 3.18. The second-order valence-electron chi connectivity index (χ2n) is 5.72. The quantitative estimate of drug-likeness (QED) is 0.860. The van der Waals surface area contributed by atoms with Crippen LogP contribution in [0.15, 0.2) is 6.20 Å². The summed E-state index contributed by atoms with van der Waals surface area (Å²) in [6.07, 6.45) is 7.14. The summed E-state index contributed by atoms with van der Waals surface area (Å²) in [7, 11) is 0. The van der Waals surface area contributed by atoms with Crippen molar-refractivity contribution in [3.05, 3.63) is 17.5 Å². The van der Waals surface area contributed by atoms with Gasteiger partial charge in [-0.15, -0.1) is 0 Å². The second kappa shape index (κ2) is 6.53. The van der Waals surface area contributed by atoms with Crippen molar-refractivity contribution in [1.29, 1.82) is 0 Å². The van der Waals surface area contributed by atoms with Crippen LogP contribution in [0.4, 0.5) is 0 Å². The smallest absolute Gasteiger partial charge is 0.0781 e. The van der Waals surface area contributed by atoms with Crippen molar-refractivity contribution in [1.82, 2.24) is 15.1 Å². The highest BCUT2D eigenvalue weighted by Crippen LogP contribution is 2.30. The van der Waals surface area contributed by atoms with Gasteiger partial charge in [0.15, 0.2) is 0 Å². The monoisotopic (exact) mass is 265 g/mol. The highest BCUT2D eigenvalue weighted by molar-refractivity contribution is 5.20. The number of aliphatic hydroxyl groups excluding tert-OH is 1. The van der Waals surface area contributed by atoms with Gasteiger partial charge in [0.05, 0.1) is 18.3 Å². The highest BCUT2D eigenvalue weighted by Gasteiger charge is 2.27. The van der Waals surface area contributed by atoms with Gasteiger partial charge in [0.1, 0.15) is 0 Å². The molecule has 1 aromatic heterocycles. The Morgan fingerprint density at radius 3 is 2.89 bits per heavy atom. The molecule has 2 rings (SSSR count). The molecule has 1 heterocycles. The van der Waals surface area contributed by atoms with Crippen LogP contribution in [-0.4, -0.2) is 27.5 Å². The summed E-state index contributed by atoms with van der Waals surface area (Å²) in [5.41, 5.74) is 2.45. The Kier molecular flexibility index (Phi) is 4.99. The lowest BCUT2D eigenvalue weighted by Gasteiger charge is -2.29. The zero-order valence-electron chi connectivity index (χ0n) is 12.4. The third-order valence-corrected chi connectivity index (χ3v) is 4.26. The van der Waals surface area contributed by atoms with Crippen LogP contribution in [0.25, 0.3) is 0 Å². The summed E-state index contributed by atoms with van der Waals surface area (Å²) in [5, 5.41) is 18.2. The SMILES string of the molecule is CCCNC(C)c1cnn(C2CCCCC2O)c1C. The van der Waals surface area contributed by atoms with E-state index in [0.29, 0.717) is 6.04 Å². The van der Waals surface area contributed by atoms with Gasteiger partial charge in [0.25, 0.3) is 0 Å². The molecular formula is C15H27N3O. The number of hydrogen-bond acceptors (Lipinski definition) is 3. The van der Waals surface area contributed by atoms with E-state index in [0.717, 1.165) is 32.2 Å². The van der Waals surface area contributed by atoms with Crippen molar-refractivity contribution in [3.8, 4) is 0 Å². The molecule has 1 saturated carbocycles. The minimum Gasteiger partial charge on any atom is -0.391 e. The van der Waals surface area contributed by atoms with Crippen LogP contribution < -0.4 is 5.32 Å².